The molecule has 0 unspecified atom stereocenters. The number of aromatic amines is 1. The third kappa shape index (κ3) is 13.1. The van der Waals surface area contributed by atoms with E-state index in [1.165, 1.54) is 96.3 Å². The largest absolute Gasteiger partial charge is 0.390 e. The van der Waals surface area contributed by atoms with Crippen molar-refractivity contribution >= 4 is 5.78 Å². The third-order valence-corrected chi connectivity index (χ3v) is 5.72. The molecule has 0 atom stereocenters. The van der Waals surface area contributed by atoms with Crippen LogP contribution in [0.4, 0.5) is 0 Å². The number of aliphatic hydroxyl groups is 1. The summed E-state index contributed by atoms with van der Waals surface area (Å²) in [4.78, 5) is 15.0. The normalized spacial score (nSPS) is 11.2. The van der Waals surface area contributed by atoms with E-state index in [0.717, 1.165) is 12.8 Å². The van der Waals surface area contributed by atoms with Crippen LogP contribution in [0.15, 0.2) is 12.1 Å². The summed E-state index contributed by atoms with van der Waals surface area (Å²) in [6.07, 6.45) is 23.7. The van der Waals surface area contributed by atoms with Crippen molar-refractivity contribution in [2.75, 3.05) is 0 Å². The fraction of sp³-hybridized carbons (Fsp3) is 0.800. The van der Waals surface area contributed by atoms with Crippen LogP contribution in [-0.2, 0) is 6.61 Å². The molecule has 0 aromatic carbocycles. The fourth-order valence-electron chi connectivity index (χ4n) is 3.84. The number of carbonyl (C=O) groups excluding carboxylic acids is 1. The zero-order chi connectivity index (χ0) is 20.3. The minimum Gasteiger partial charge on any atom is -0.390 e. The van der Waals surface area contributed by atoms with E-state index in [1.807, 2.05) is 0 Å². The molecule has 0 radical (unpaired) electrons. The lowest BCUT2D eigenvalue weighted by molar-refractivity contribution is 0.0974. The van der Waals surface area contributed by atoms with Gasteiger partial charge in [-0.2, -0.15) is 0 Å². The number of hydrogen-bond acceptors (Lipinski definition) is 2. The highest BCUT2D eigenvalue weighted by Gasteiger charge is 2.07. The van der Waals surface area contributed by atoms with Crippen molar-refractivity contribution in [2.24, 2.45) is 0 Å². The molecule has 0 aliphatic heterocycles. The smallest absolute Gasteiger partial charge is 0.179 e. The van der Waals surface area contributed by atoms with Gasteiger partial charge in [-0.05, 0) is 18.6 Å². The van der Waals surface area contributed by atoms with Gasteiger partial charge in [0, 0.05) is 12.1 Å². The molecule has 0 aliphatic carbocycles. The SMILES string of the molecule is CCCCCCCCCCCCCCCCCCCC(=O)c1ccc(CO)[nH]1. The van der Waals surface area contributed by atoms with Crippen molar-refractivity contribution in [3.05, 3.63) is 23.5 Å². The van der Waals surface area contributed by atoms with Crippen LogP contribution >= 0.6 is 0 Å². The molecule has 1 aromatic heterocycles. The number of aromatic nitrogens is 1. The van der Waals surface area contributed by atoms with Gasteiger partial charge >= 0.3 is 0 Å². The summed E-state index contributed by atoms with van der Waals surface area (Å²) >= 11 is 0. The second-order valence-corrected chi connectivity index (χ2v) is 8.39. The first-order chi connectivity index (χ1) is 13.8. The second-order valence-electron chi connectivity index (χ2n) is 8.39. The molecule has 162 valence electrons. The standard InChI is InChI=1S/C25H45NO2/c1-2-3-4-5-6-7-8-9-10-11-12-13-14-15-16-17-18-19-25(28)24-21-20-23(22-27)26-24/h20-21,26-27H,2-19,22H2,1H3. The van der Waals surface area contributed by atoms with Crippen LogP contribution in [0.25, 0.3) is 0 Å². The number of nitrogens with one attached hydrogen (secondary N) is 1. The van der Waals surface area contributed by atoms with E-state index >= 15 is 0 Å². The molecular weight excluding hydrogens is 346 g/mol. The molecule has 3 nitrogen and oxygen atoms in total. The summed E-state index contributed by atoms with van der Waals surface area (Å²) in [5.74, 6) is 0.167. The highest BCUT2D eigenvalue weighted by molar-refractivity contribution is 5.94. The van der Waals surface area contributed by atoms with Crippen LogP contribution < -0.4 is 0 Å². The van der Waals surface area contributed by atoms with E-state index in [9.17, 15) is 4.79 Å². The summed E-state index contributed by atoms with van der Waals surface area (Å²) in [5, 5.41) is 9.02. The molecule has 0 bridgehead atoms. The number of aliphatic hydroxyl groups excluding tert-OH is 1. The molecule has 0 amide bonds. The van der Waals surface area contributed by atoms with Gasteiger partial charge in [-0.1, -0.05) is 110 Å². The second kappa shape index (κ2) is 18.0. The van der Waals surface area contributed by atoms with E-state index in [1.54, 1.807) is 12.1 Å². The molecule has 0 saturated carbocycles. The van der Waals surface area contributed by atoms with Crippen molar-refractivity contribution in [3.8, 4) is 0 Å². The van der Waals surface area contributed by atoms with Crippen molar-refractivity contribution in [1.29, 1.82) is 0 Å². The maximum absolute atomic E-state index is 12.0. The maximum Gasteiger partial charge on any atom is 0.179 e. The number of hydrogen-bond donors (Lipinski definition) is 2. The molecule has 1 rings (SSSR count). The lowest BCUT2D eigenvalue weighted by atomic mass is 10.0. The van der Waals surface area contributed by atoms with Gasteiger partial charge in [0.2, 0.25) is 0 Å². The Kier molecular flexibility index (Phi) is 16.0. The van der Waals surface area contributed by atoms with Gasteiger partial charge in [-0.15, -0.1) is 0 Å². The maximum atomic E-state index is 12.0. The first kappa shape index (κ1) is 24.9. The average molecular weight is 392 g/mol. The Hall–Kier alpha value is -1.09. The minimum atomic E-state index is -0.0353. The van der Waals surface area contributed by atoms with Gasteiger partial charge in [0.05, 0.1) is 12.3 Å². The van der Waals surface area contributed by atoms with Crippen molar-refractivity contribution < 1.29 is 9.90 Å². The van der Waals surface area contributed by atoms with Crippen molar-refractivity contribution in [1.82, 2.24) is 4.98 Å². The van der Waals surface area contributed by atoms with E-state index in [-0.39, 0.29) is 12.4 Å². The van der Waals surface area contributed by atoms with Gasteiger partial charge in [0.25, 0.3) is 0 Å². The first-order valence-electron chi connectivity index (χ1n) is 12.1. The third-order valence-electron chi connectivity index (χ3n) is 5.72. The molecule has 0 aliphatic rings. The lowest BCUT2D eigenvalue weighted by Crippen LogP contribution is -1.99. The Morgan fingerprint density at radius 1 is 0.714 bits per heavy atom. The van der Waals surface area contributed by atoms with E-state index in [2.05, 4.69) is 11.9 Å². The topological polar surface area (TPSA) is 53.1 Å². The number of rotatable bonds is 20. The van der Waals surface area contributed by atoms with E-state index < -0.39 is 0 Å². The number of H-pyrrole nitrogens is 1. The number of ketones is 1. The summed E-state index contributed by atoms with van der Waals surface area (Å²) in [6, 6.07) is 3.56. The Balaban J connectivity index is 1.78. The quantitative estimate of drug-likeness (QED) is 0.176. The summed E-state index contributed by atoms with van der Waals surface area (Å²) in [5.41, 5.74) is 1.35. The van der Waals surface area contributed by atoms with Crippen LogP contribution in [-0.4, -0.2) is 15.9 Å². The van der Waals surface area contributed by atoms with Crippen LogP contribution in [0.2, 0.25) is 0 Å². The van der Waals surface area contributed by atoms with Gasteiger partial charge in [0.1, 0.15) is 0 Å². The Morgan fingerprint density at radius 3 is 1.54 bits per heavy atom. The molecule has 1 heterocycles. The van der Waals surface area contributed by atoms with Crippen LogP contribution in [0.5, 0.6) is 0 Å². The predicted octanol–water partition coefficient (Wildman–Crippen LogP) is 7.73. The fourth-order valence-corrected chi connectivity index (χ4v) is 3.84. The lowest BCUT2D eigenvalue weighted by Gasteiger charge is -2.04. The number of Topliss-reactive ketones (excluding diaryl/α,β-unsaturated/α-hetero) is 1. The van der Waals surface area contributed by atoms with Gasteiger partial charge in [-0.25, -0.2) is 0 Å². The highest BCUT2D eigenvalue weighted by atomic mass is 16.3. The number of carbonyl (C=O) groups is 1. The Bertz CT molecular complexity index is 481. The monoisotopic (exact) mass is 391 g/mol. The van der Waals surface area contributed by atoms with E-state index in [4.69, 9.17) is 5.11 Å². The molecule has 3 heteroatoms. The van der Waals surface area contributed by atoms with Gasteiger partial charge in [0.15, 0.2) is 5.78 Å². The van der Waals surface area contributed by atoms with Crippen molar-refractivity contribution in [3.63, 3.8) is 0 Å². The zero-order valence-corrected chi connectivity index (χ0v) is 18.4. The van der Waals surface area contributed by atoms with E-state index in [0.29, 0.717) is 17.8 Å². The van der Waals surface area contributed by atoms with Gasteiger partial charge in [-0.3, -0.25) is 4.79 Å². The number of unbranched alkanes of at least 4 members (excludes halogenated alkanes) is 16. The molecule has 2 N–H and O–H groups in total. The van der Waals surface area contributed by atoms with Crippen LogP contribution in [0, 0.1) is 0 Å². The Morgan fingerprint density at radius 2 is 1.14 bits per heavy atom. The zero-order valence-electron chi connectivity index (χ0n) is 18.4. The Labute approximate surface area is 173 Å². The van der Waals surface area contributed by atoms with Gasteiger partial charge < -0.3 is 10.1 Å². The average Bonchev–Trinajstić information content (AvgIpc) is 3.19. The molecule has 0 fully saturated rings. The molecule has 0 spiro atoms. The first-order valence-corrected chi connectivity index (χ1v) is 12.1. The summed E-state index contributed by atoms with van der Waals surface area (Å²) in [6.45, 7) is 2.25. The van der Waals surface area contributed by atoms with Crippen LogP contribution in [0.1, 0.15) is 139 Å². The molecular formula is C25H45NO2. The molecule has 28 heavy (non-hydrogen) atoms. The summed E-state index contributed by atoms with van der Waals surface area (Å²) < 4.78 is 0. The summed E-state index contributed by atoms with van der Waals surface area (Å²) in [7, 11) is 0. The molecule has 0 saturated heterocycles. The molecule has 1 aromatic rings. The predicted molar refractivity (Wildman–Crippen MR) is 120 cm³/mol. The van der Waals surface area contributed by atoms with Crippen molar-refractivity contribution in [2.45, 2.75) is 129 Å². The highest BCUT2D eigenvalue weighted by Crippen LogP contribution is 2.15. The minimum absolute atomic E-state index is 0.0353. The van der Waals surface area contributed by atoms with Crippen LogP contribution in [0.3, 0.4) is 0 Å².